The van der Waals surface area contributed by atoms with Gasteiger partial charge in [-0.05, 0) is 32.7 Å². The van der Waals surface area contributed by atoms with Crippen LogP contribution >= 0.6 is 12.4 Å². The van der Waals surface area contributed by atoms with Crippen molar-refractivity contribution in [2.45, 2.75) is 32.4 Å². The van der Waals surface area contributed by atoms with E-state index in [1.165, 1.54) is 0 Å². The summed E-state index contributed by atoms with van der Waals surface area (Å²) in [6, 6.07) is -0.847. The van der Waals surface area contributed by atoms with E-state index in [1.54, 1.807) is 6.92 Å². The van der Waals surface area contributed by atoms with Crippen LogP contribution in [0.2, 0.25) is 0 Å². The van der Waals surface area contributed by atoms with E-state index in [-0.39, 0.29) is 24.4 Å². The van der Waals surface area contributed by atoms with Gasteiger partial charge in [0.2, 0.25) is 5.91 Å². The molecule has 1 aliphatic heterocycles. The number of hydrogen-bond acceptors (Lipinski definition) is 4. The van der Waals surface area contributed by atoms with Crippen LogP contribution in [-0.4, -0.2) is 42.0 Å². The fraction of sp³-hybridized carbons (Fsp3) is 0.800. The summed E-state index contributed by atoms with van der Waals surface area (Å²) < 4.78 is 0. The second-order valence-corrected chi connectivity index (χ2v) is 4.41. The predicted molar refractivity (Wildman–Crippen MR) is 67.8 cm³/mol. The minimum absolute atomic E-state index is 0. The maximum Gasteiger partial charge on any atom is 0.318 e. The standard InChI is InChI=1S/C10H20N4O2.ClH/c1-6-3-8(4-11)5-14(6)7(2)9(15)13-10(12)16;/h6-8H,3-5,11H2,1-2H3,(H3,12,13,15,16);1H. The number of amides is 3. The van der Waals surface area contributed by atoms with Gasteiger partial charge < -0.3 is 11.5 Å². The molecule has 17 heavy (non-hydrogen) atoms. The highest BCUT2D eigenvalue weighted by atomic mass is 35.5. The van der Waals surface area contributed by atoms with E-state index in [0.717, 1.165) is 13.0 Å². The fourth-order valence-corrected chi connectivity index (χ4v) is 2.26. The normalized spacial score (nSPS) is 26.1. The van der Waals surface area contributed by atoms with E-state index < -0.39 is 6.03 Å². The highest BCUT2D eigenvalue weighted by molar-refractivity contribution is 5.96. The Morgan fingerprint density at radius 1 is 1.53 bits per heavy atom. The zero-order valence-corrected chi connectivity index (χ0v) is 11.0. The van der Waals surface area contributed by atoms with Crippen LogP contribution in [0.25, 0.3) is 0 Å². The Balaban J connectivity index is 0.00000256. The molecule has 100 valence electrons. The molecule has 7 heteroatoms. The summed E-state index contributed by atoms with van der Waals surface area (Å²) >= 11 is 0. The van der Waals surface area contributed by atoms with Crippen LogP contribution in [0.1, 0.15) is 20.3 Å². The van der Waals surface area contributed by atoms with Gasteiger partial charge in [0, 0.05) is 12.6 Å². The quantitative estimate of drug-likeness (QED) is 0.649. The first-order valence-electron chi connectivity index (χ1n) is 5.51. The molecule has 1 heterocycles. The van der Waals surface area contributed by atoms with E-state index in [0.29, 0.717) is 18.5 Å². The number of urea groups is 1. The van der Waals surface area contributed by atoms with Gasteiger partial charge in [0.1, 0.15) is 0 Å². The maximum absolute atomic E-state index is 11.6. The van der Waals surface area contributed by atoms with Crippen molar-refractivity contribution in [3.8, 4) is 0 Å². The summed E-state index contributed by atoms with van der Waals surface area (Å²) in [7, 11) is 0. The topological polar surface area (TPSA) is 101 Å². The monoisotopic (exact) mass is 264 g/mol. The summed E-state index contributed by atoms with van der Waals surface area (Å²) in [4.78, 5) is 24.2. The Hall–Kier alpha value is -0.850. The molecule has 1 aliphatic rings. The average molecular weight is 265 g/mol. The lowest BCUT2D eigenvalue weighted by molar-refractivity contribution is -0.125. The van der Waals surface area contributed by atoms with Crippen molar-refractivity contribution >= 4 is 24.3 Å². The largest absolute Gasteiger partial charge is 0.351 e. The van der Waals surface area contributed by atoms with Gasteiger partial charge in [-0.15, -0.1) is 12.4 Å². The minimum atomic E-state index is -0.806. The fourth-order valence-electron chi connectivity index (χ4n) is 2.26. The number of nitrogens with two attached hydrogens (primary N) is 2. The summed E-state index contributed by atoms with van der Waals surface area (Å²) in [5.74, 6) is 0.0795. The number of carbonyl (C=O) groups excluding carboxylic acids is 2. The van der Waals surface area contributed by atoms with Crippen LogP contribution in [-0.2, 0) is 4.79 Å². The molecule has 6 nitrogen and oxygen atoms in total. The second-order valence-electron chi connectivity index (χ2n) is 4.41. The highest BCUT2D eigenvalue weighted by Gasteiger charge is 2.34. The molecule has 0 bridgehead atoms. The van der Waals surface area contributed by atoms with Crippen LogP contribution in [0, 0.1) is 5.92 Å². The first-order valence-corrected chi connectivity index (χ1v) is 5.51. The number of likely N-dealkylation sites (tertiary alicyclic amines) is 1. The van der Waals surface area contributed by atoms with Crippen LogP contribution in [0.15, 0.2) is 0 Å². The maximum atomic E-state index is 11.6. The van der Waals surface area contributed by atoms with Crippen molar-refractivity contribution in [3.63, 3.8) is 0 Å². The molecule has 1 fully saturated rings. The summed E-state index contributed by atoms with van der Waals surface area (Å²) in [5, 5.41) is 2.10. The number of nitrogens with zero attached hydrogens (tertiary/aromatic N) is 1. The van der Waals surface area contributed by atoms with E-state index in [9.17, 15) is 9.59 Å². The third-order valence-corrected chi connectivity index (χ3v) is 3.17. The molecular formula is C10H21ClN4O2. The number of imide groups is 1. The molecule has 0 saturated carbocycles. The number of carbonyl (C=O) groups is 2. The van der Waals surface area contributed by atoms with Gasteiger partial charge >= 0.3 is 6.03 Å². The average Bonchev–Trinajstić information content (AvgIpc) is 2.57. The number of primary amides is 1. The van der Waals surface area contributed by atoms with Gasteiger partial charge in [0.05, 0.1) is 6.04 Å². The Morgan fingerprint density at radius 3 is 2.53 bits per heavy atom. The van der Waals surface area contributed by atoms with Crippen molar-refractivity contribution < 1.29 is 9.59 Å². The molecule has 1 saturated heterocycles. The molecule has 0 aromatic heterocycles. The van der Waals surface area contributed by atoms with E-state index in [4.69, 9.17) is 11.5 Å². The molecule has 0 radical (unpaired) electrons. The number of hydrogen-bond donors (Lipinski definition) is 3. The van der Waals surface area contributed by atoms with Crippen LogP contribution < -0.4 is 16.8 Å². The molecule has 1 rings (SSSR count). The minimum Gasteiger partial charge on any atom is -0.351 e. The molecule has 3 amide bonds. The van der Waals surface area contributed by atoms with Gasteiger partial charge in [-0.1, -0.05) is 0 Å². The molecule has 0 aromatic carbocycles. The summed E-state index contributed by atoms with van der Waals surface area (Å²) in [5.41, 5.74) is 10.5. The van der Waals surface area contributed by atoms with E-state index >= 15 is 0 Å². The molecule has 0 spiro atoms. The van der Waals surface area contributed by atoms with Gasteiger partial charge in [0.25, 0.3) is 0 Å². The lowest BCUT2D eigenvalue weighted by Gasteiger charge is -2.27. The van der Waals surface area contributed by atoms with Crippen LogP contribution in [0.3, 0.4) is 0 Å². The van der Waals surface area contributed by atoms with Crippen LogP contribution in [0.5, 0.6) is 0 Å². The van der Waals surface area contributed by atoms with Crippen molar-refractivity contribution in [1.29, 1.82) is 0 Å². The van der Waals surface area contributed by atoms with Crippen molar-refractivity contribution in [2.24, 2.45) is 17.4 Å². The third-order valence-electron chi connectivity index (χ3n) is 3.17. The molecule has 3 atom stereocenters. The van der Waals surface area contributed by atoms with Gasteiger partial charge in [0.15, 0.2) is 0 Å². The molecular weight excluding hydrogens is 244 g/mol. The molecule has 0 aromatic rings. The molecule has 0 aliphatic carbocycles. The summed E-state index contributed by atoms with van der Waals surface area (Å²) in [6.07, 6.45) is 0.991. The van der Waals surface area contributed by atoms with Crippen LogP contribution in [0.4, 0.5) is 4.79 Å². The Kier molecular flexibility index (Phi) is 6.44. The zero-order valence-electron chi connectivity index (χ0n) is 10.2. The van der Waals surface area contributed by atoms with Gasteiger partial charge in [-0.2, -0.15) is 0 Å². The van der Waals surface area contributed by atoms with E-state index in [1.807, 2.05) is 0 Å². The Labute approximate surface area is 107 Å². The van der Waals surface area contributed by atoms with Crippen molar-refractivity contribution in [2.75, 3.05) is 13.1 Å². The lowest BCUT2D eigenvalue weighted by atomic mass is 10.1. The van der Waals surface area contributed by atoms with Gasteiger partial charge in [-0.3, -0.25) is 15.0 Å². The second kappa shape index (κ2) is 6.78. The smallest absolute Gasteiger partial charge is 0.318 e. The number of halogens is 1. The molecule has 5 N–H and O–H groups in total. The highest BCUT2D eigenvalue weighted by Crippen LogP contribution is 2.24. The first kappa shape index (κ1) is 16.1. The summed E-state index contributed by atoms with van der Waals surface area (Å²) in [6.45, 7) is 5.26. The zero-order chi connectivity index (χ0) is 12.3. The van der Waals surface area contributed by atoms with Crippen molar-refractivity contribution in [1.82, 2.24) is 10.2 Å². The number of rotatable bonds is 3. The third kappa shape index (κ3) is 4.14. The van der Waals surface area contributed by atoms with E-state index in [2.05, 4.69) is 17.1 Å². The lowest BCUT2D eigenvalue weighted by Crippen LogP contribution is -2.49. The Bertz CT molecular complexity index is 287. The first-order chi connectivity index (χ1) is 7.45. The van der Waals surface area contributed by atoms with Gasteiger partial charge in [-0.25, -0.2) is 4.79 Å². The SMILES string of the molecule is CC1CC(CN)CN1C(C)C(=O)NC(N)=O.Cl. The Morgan fingerprint density at radius 2 is 2.12 bits per heavy atom. The predicted octanol–water partition coefficient (Wildman–Crippen LogP) is -0.339. The van der Waals surface area contributed by atoms with Crippen molar-refractivity contribution in [3.05, 3.63) is 0 Å². The molecule has 3 unspecified atom stereocenters. The number of nitrogens with one attached hydrogen (secondary N) is 1.